The molecular formula is C50H92O18P2. The summed E-state index contributed by atoms with van der Waals surface area (Å²) in [5.41, 5.74) is 0. The highest BCUT2D eigenvalue weighted by molar-refractivity contribution is 7.47. The molecule has 20 heteroatoms. The number of unbranched alkanes of at least 4 members (excludes halogenated alkanes) is 21. The van der Waals surface area contributed by atoms with Gasteiger partial charge in [-0.15, -0.1) is 0 Å². The van der Waals surface area contributed by atoms with Crippen molar-refractivity contribution in [3.05, 3.63) is 36.5 Å². The quantitative estimate of drug-likeness (QED) is 0.0122. The molecule has 9 atom stereocenters. The highest BCUT2D eigenvalue weighted by atomic mass is 31.2. The number of aliphatic hydroxyl groups excluding tert-OH is 5. The molecule has 0 aromatic rings. The van der Waals surface area contributed by atoms with Crippen LogP contribution in [0.2, 0.25) is 0 Å². The second-order valence-electron chi connectivity index (χ2n) is 18.4. The Balaban J connectivity index is 2.57. The zero-order chi connectivity index (χ0) is 51.9. The second kappa shape index (κ2) is 41.5. The number of phosphoric ester groups is 2. The molecule has 0 heterocycles. The summed E-state index contributed by atoms with van der Waals surface area (Å²) in [5.74, 6) is -1.00. The first-order valence-electron chi connectivity index (χ1n) is 26.2. The summed E-state index contributed by atoms with van der Waals surface area (Å²) in [6, 6.07) is 0. The van der Waals surface area contributed by atoms with Gasteiger partial charge in [-0.3, -0.25) is 23.2 Å². The molecule has 0 saturated heterocycles. The average Bonchev–Trinajstić information content (AvgIpc) is 3.31. The average molecular weight is 1040 g/mol. The van der Waals surface area contributed by atoms with Crippen LogP contribution < -0.4 is 0 Å². The first kappa shape index (κ1) is 66.2. The van der Waals surface area contributed by atoms with Gasteiger partial charge in [-0.2, -0.15) is 0 Å². The monoisotopic (exact) mass is 1040 g/mol. The summed E-state index contributed by atoms with van der Waals surface area (Å²) in [5, 5.41) is 51.3. The predicted molar refractivity (Wildman–Crippen MR) is 267 cm³/mol. The highest BCUT2D eigenvalue weighted by Crippen LogP contribution is 2.48. The van der Waals surface area contributed by atoms with Gasteiger partial charge >= 0.3 is 27.6 Å². The Morgan fingerprint density at radius 3 is 1.46 bits per heavy atom. The van der Waals surface area contributed by atoms with Crippen LogP contribution in [-0.2, 0) is 46.5 Å². The number of carbonyl (C=O) groups is 2. The van der Waals surface area contributed by atoms with Crippen molar-refractivity contribution >= 4 is 27.6 Å². The van der Waals surface area contributed by atoms with Gasteiger partial charge in [-0.05, 0) is 44.9 Å². The molecule has 1 rings (SSSR count). The predicted octanol–water partition coefficient (Wildman–Crippen LogP) is 8.89. The molecule has 0 aromatic carbocycles. The van der Waals surface area contributed by atoms with Crippen molar-refractivity contribution in [3.8, 4) is 0 Å². The Morgan fingerprint density at radius 2 is 0.943 bits per heavy atom. The Hall–Kier alpha value is -1.86. The van der Waals surface area contributed by atoms with Gasteiger partial charge in [-0.25, -0.2) is 9.13 Å². The molecule has 9 unspecified atom stereocenters. The molecule has 0 bridgehead atoms. The minimum Gasteiger partial charge on any atom is -0.462 e. The maximum atomic E-state index is 12.8. The second-order valence-corrected chi connectivity index (χ2v) is 21.0. The zero-order valence-electron chi connectivity index (χ0n) is 42.3. The van der Waals surface area contributed by atoms with E-state index >= 15 is 0 Å². The third-order valence-electron chi connectivity index (χ3n) is 11.8. The number of allylic oxidation sites excluding steroid dienone is 6. The van der Waals surface area contributed by atoms with E-state index in [1.54, 1.807) is 0 Å². The van der Waals surface area contributed by atoms with E-state index in [-0.39, 0.29) is 26.1 Å². The van der Waals surface area contributed by atoms with Crippen LogP contribution in [0.15, 0.2) is 36.5 Å². The molecule has 1 fully saturated rings. The van der Waals surface area contributed by atoms with Crippen LogP contribution in [0.3, 0.4) is 0 Å². The molecule has 1 aliphatic rings. The van der Waals surface area contributed by atoms with Crippen molar-refractivity contribution < 1.29 is 86.7 Å². The van der Waals surface area contributed by atoms with E-state index in [0.29, 0.717) is 19.3 Å². The molecule has 8 N–H and O–H groups in total. The summed E-state index contributed by atoms with van der Waals surface area (Å²) >= 11 is 0. The van der Waals surface area contributed by atoms with Gasteiger partial charge in [-0.1, -0.05) is 172 Å². The maximum absolute atomic E-state index is 12.8. The topological polar surface area (TPSA) is 285 Å². The molecule has 18 nitrogen and oxygen atoms in total. The van der Waals surface area contributed by atoms with E-state index in [9.17, 15) is 49.1 Å². The SMILES string of the molecule is CCCCCCCCC=CCC=CCC=CCCCC(=O)OC(COCC(O)COP(=O)(O)OC1C(O)C(O)C(O)C(OP(=O)(O)O)C1O)COC(=O)CCCCCCCCCCCCCCCCC. The number of carbonyl (C=O) groups excluding carboxylic acids is 2. The third-order valence-corrected chi connectivity index (χ3v) is 13.3. The molecule has 1 aliphatic carbocycles. The van der Waals surface area contributed by atoms with E-state index in [1.807, 2.05) is 12.2 Å². The first-order chi connectivity index (χ1) is 33.5. The number of esters is 2. The van der Waals surface area contributed by atoms with Gasteiger partial charge in [0.2, 0.25) is 0 Å². The molecule has 0 amide bonds. The van der Waals surface area contributed by atoms with Crippen LogP contribution in [-0.4, -0.2) is 127 Å². The van der Waals surface area contributed by atoms with Crippen molar-refractivity contribution in [1.82, 2.24) is 0 Å². The number of phosphoric acid groups is 2. The number of rotatable bonds is 45. The molecule has 70 heavy (non-hydrogen) atoms. The lowest BCUT2D eigenvalue weighted by Gasteiger charge is -2.43. The number of aliphatic hydroxyl groups is 5. The molecule has 1 saturated carbocycles. The molecule has 0 aliphatic heterocycles. The summed E-state index contributed by atoms with van der Waals surface area (Å²) in [6.45, 7) is 2.37. The van der Waals surface area contributed by atoms with Gasteiger partial charge in [0.15, 0.2) is 6.10 Å². The normalized spacial score (nSPS) is 21.7. The lowest BCUT2D eigenvalue weighted by Crippen LogP contribution is -2.64. The van der Waals surface area contributed by atoms with Crippen LogP contribution in [0.1, 0.15) is 194 Å². The molecular weight excluding hydrogens is 950 g/mol. The van der Waals surface area contributed by atoms with Crippen molar-refractivity contribution in [2.24, 2.45) is 0 Å². The van der Waals surface area contributed by atoms with Crippen molar-refractivity contribution in [2.75, 3.05) is 26.4 Å². The van der Waals surface area contributed by atoms with Crippen molar-refractivity contribution in [2.45, 2.75) is 242 Å². The summed E-state index contributed by atoms with van der Waals surface area (Å²) in [6.07, 6.45) is 26.4. The minimum atomic E-state index is -5.37. The van der Waals surface area contributed by atoms with E-state index in [2.05, 4.69) is 42.7 Å². The fraction of sp³-hybridized carbons (Fsp3) is 0.840. The first-order valence-corrected chi connectivity index (χ1v) is 29.2. The van der Waals surface area contributed by atoms with Crippen LogP contribution in [0.4, 0.5) is 0 Å². The smallest absolute Gasteiger partial charge is 0.462 e. The lowest BCUT2D eigenvalue weighted by atomic mass is 9.85. The largest absolute Gasteiger partial charge is 0.472 e. The van der Waals surface area contributed by atoms with Crippen LogP contribution in [0.25, 0.3) is 0 Å². The van der Waals surface area contributed by atoms with E-state index in [4.69, 9.17) is 33.0 Å². The van der Waals surface area contributed by atoms with Gasteiger partial charge in [0.05, 0.1) is 19.8 Å². The molecule has 0 spiro atoms. The Labute approximate surface area is 418 Å². The number of ether oxygens (including phenoxy) is 3. The minimum absolute atomic E-state index is 0.0853. The van der Waals surface area contributed by atoms with E-state index in [1.165, 1.54) is 109 Å². The highest BCUT2D eigenvalue weighted by Gasteiger charge is 2.54. The Morgan fingerprint density at radius 1 is 0.500 bits per heavy atom. The number of hydrogen-bond acceptors (Lipinski definition) is 15. The van der Waals surface area contributed by atoms with Crippen molar-refractivity contribution in [1.29, 1.82) is 0 Å². The molecule has 410 valence electrons. The Kier molecular flexibility index (Phi) is 39.2. The zero-order valence-corrected chi connectivity index (χ0v) is 44.1. The fourth-order valence-electron chi connectivity index (χ4n) is 7.78. The van der Waals surface area contributed by atoms with Gasteiger partial charge in [0, 0.05) is 12.8 Å². The van der Waals surface area contributed by atoms with Gasteiger partial charge in [0.1, 0.15) is 49.3 Å². The fourth-order valence-corrected chi connectivity index (χ4v) is 9.33. The maximum Gasteiger partial charge on any atom is 0.472 e. The van der Waals surface area contributed by atoms with Crippen LogP contribution in [0, 0.1) is 0 Å². The van der Waals surface area contributed by atoms with Gasteiger partial charge < -0.3 is 54.4 Å². The molecule has 0 radical (unpaired) electrons. The van der Waals surface area contributed by atoms with Crippen LogP contribution in [0.5, 0.6) is 0 Å². The summed E-state index contributed by atoms with van der Waals surface area (Å²) < 4.78 is 54.3. The summed E-state index contributed by atoms with van der Waals surface area (Å²) in [7, 11) is -10.6. The lowest BCUT2D eigenvalue weighted by molar-refractivity contribution is -0.216. The van der Waals surface area contributed by atoms with Gasteiger partial charge in [0.25, 0.3) is 0 Å². The number of hydrogen-bond donors (Lipinski definition) is 8. The third kappa shape index (κ3) is 35.3. The van der Waals surface area contributed by atoms with E-state index in [0.717, 1.165) is 38.5 Å². The van der Waals surface area contributed by atoms with E-state index < -0.39 is 89.6 Å². The standard InChI is InChI=1S/C50H92O18P2/c1-3-5-7-9-11-13-15-17-19-20-22-24-26-28-30-32-34-36-44(53)66-42(40-64-43(52)35-33-31-29-27-25-23-21-18-16-14-12-10-8-6-4-2)39-63-37-41(51)38-65-70(61,62)68-50-47(56)45(54)46(55)49(48(50)57)67-69(58,59)60/h17,19,22,24,28,30,41-42,45-51,54-57H,3-16,18,20-21,23,25-27,29,31-40H2,1-2H3,(H,61,62)(H2,58,59,60). The summed E-state index contributed by atoms with van der Waals surface area (Å²) in [4.78, 5) is 53.9. The van der Waals surface area contributed by atoms with Crippen LogP contribution >= 0.6 is 15.6 Å². The van der Waals surface area contributed by atoms with Crippen molar-refractivity contribution in [3.63, 3.8) is 0 Å². The Bertz CT molecular complexity index is 1510. The molecule has 0 aromatic heterocycles.